The third-order valence-corrected chi connectivity index (χ3v) is 4.10. The van der Waals surface area contributed by atoms with Crippen LogP contribution in [0.4, 0.5) is 0 Å². The third kappa shape index (κ3) is 3.19. The summed E-state index contributed by atoms with van der Waals surface area (Å²) in [5.41, 5.74) is 0. The Morgan fingerprint density at radius 1 is 1.41 bits per heavy atom. The zero-order chi connectivity index (χ0) is 12.3. The minimum Gasteiger partial charge on any atom is -0.393 e. The molecule has 0 aromatic carbocycles. The molecule has 2 N–H and O–H groups in total. The van der Waals surface area contributed by atoms with Gasteiger partial charge >= 0.3 is 0 Å². The molecule has 2 fully saturated rings. The van der Waals surface area contributed by atoms with Crippen molar-refractivity contribution in [2.24, 2.45) is 11.8 Å². The van der Waals surface area contributed by atoms with Gasteiger partial charge in [0.25, 0.3) is 0 Å². The number of piperidine rings is 2. The number of likely N-dealkylation sites (tertiary alicyclic amines) is 1. The molecular formula is C13H24N2O2. The van der Waals surface area contributed by atoms with Crippen molar-refractivity contribution < 1.29 is 9.90 Å². The molecule has 17 heavy (non-hydrogen) atoms. The van der Waals surface area contributed by atoms with Crippen LogP contribution in [0.15, 0.2) is 0 Å². The second-order valence-corrected chi connectivity index (χ2v) is 5.47. The van der Waals surface area contributed by atoms with Crippen LogP contribution < -0.4 is 5.32 Å². The van der Waals surface area contributed by atoms with E-state index in [1.54, 1.807) is 0 Å². The van der Waals surface area contributed by atoms with Gasteiger partial charge in [-0.1, -0.05) is 0 Å². The highest BCUT2D eigenvalue weighted by molar-refractivity contribution is 5.79. The molecule has 98 valence electrons. The summed E-state index contributed by atoms with van der Waals surface area (Å²) in [5, 5.41) is 12.9. The lowest BCUT2D eigenvalue weighted by Crippen LogP contribution is -2.48. The Bertz CT molecular complexity index is 262. The van der Waals surface area contributed by atoms with Crippen LogP contribution in [-0.4, -0.2) is 48.2 Å². The zero-order valence-electron chi connectivity index (χ0n) is 10.7. The molecule has 4 heteroatoms. The Balaban J connectivity index is 1.89. The number of rotatable bonds is 2. The van der Waals surface area contributed by atoms with Crippen molar-refractivity contribution in [3.8, 4) is 0 Å². The molecule has 2 saturated heterocycles. The Labute approximate surface area is 103 Å². The van der Waals surface area contributed by atoms with Crippen LogP contribution in [0.25, 0.3) is 0 Å². The van der Waals surface area contributed by atoms with Crippen LogP contribution in [0.1, 0.15) is 32.6 Å². The number of carbonyl (C=O) groups excluding carboxylic acids is 1. The van der Waals surface area contributed by atoms with Gasteiger partial charge in [0.1, 0.15) is 0 Å². The molecule has 1 amide bonds. The van der Waals surface area contributed by atoms with Gasteiger partial charge in [0, 0.05) is 25.6 Å². The molecule has 4 nitrogen and oxygen atoms in total. The normalized spacial score (nSPS) is 32.2. The number of aliphatic hydroxyl groups excluding tert-OH is 1. The van der Waals surface area contributed by atoms with Crippen LogP contribution in [0.3, 0.4) is 0 Å². The Morgan fingerprint density at radius 3 is 2.88 bits per heavy atom. The number of carbonyl (C=O) groups is 1. The molecule has 0 aliphatic carbocycles. The number of hydrogen-bond donors (Lipinski definition) is 2. The zero-order valence-corrected chi connectivity index (χ0v) is 10.7. The summed E-state index contributed by atoms with van der Waals surface area (Å²) in [7, 11) is 0. The first-order valence-electron chi connectivity index (χ1n) is 6.86. The quantitative estimate of drug-likeness (QED) is 0.743. The lowest BCUT2D eigenvalue weighted by Gasteiger charge is -2.37. The van der Waals surface area contributed by atoms with Gasteiger partial charge in [-0.05, 0) is 39.2 Å². The van der Waals surface area contributed by atoms with Crippen molar-refractivity contribution in [1.82, 2.24) is 10.2 Å². The molecular weight excluding hydrogens is 216 g/mol. The Kier molecular flexibility index (Phi) is 4.40. The first-order chi connectivity index (χ1) is 8.18. The van der Waals surface area contributed by atoms with E-state index >= 15 is 0 Å². The van der Waals surface area contributed by atoms with Gasteiger partial charge in [-0.15, -0.1) is 0 Å². The van der Waals surface area contributed by atoms with E-state index in [0.717, 1.165) is 51.9 Å². The standard InChI is InChI=1S/C13H24N2O2/c1-10(16)12-5-3-7-15(9-12)13(17)11-4-2-6-14-8-11/h10-12,14,16H,2-9H2,1H3/t10-,11+,12-/m0/s1. The fourth-order valence-corrected chi connectivity index (χ4v) is 2.92. The van der Waals surface area contributed by atoms with Gasteiger partial charge in [-0.3, -0.25) is 4.79 Å². The van der Waals surface area contributed by atoms with Crippen molar-refractivity contribution in [1.29, 1.82) is 0 Å². The van der Waals surface area contributed by atoms with Crippen LogP contribution in [-0.2, 0) is 4.79 Å². The fourth-order valence-electron chi connectivity index (χ4n) is 2.92. The lowest BCUT2D eigenvalue weighted by molar-refractivity contribution is -0.138. The van der Waals surface area contributed by atoms with E-state index in [0.29, 0.717) is 5.91 Å². The second kappa shape index (κ2) is 5.83. The molecule has 0 radical (unpaired) electrons. The monoisotopic (exact) mass is 240 g/mol. The average Bonchev–Trinajstić information content (AvgIpc) is 2.39. The lowest BCUT2D eigenvalue weighted by atomic mass is 9.91. The highest BCUT2D eigenvalue weighted by Crippen LogP contribution is 2.22. The average molecular weight is 240 g/mol. The van der Waals surface area contributed by atoms with Crippen molar-refractivity contribution >= 4 is 5.91 Å². The molecule has 2 rings (SSSR count). The van der Waals surface area contributed by atoms with Gasteiger partial charge < -0.3 is 15.3 Å². The van der Waals surface area contributed by atoms with E-state index < -0.39 is 0 Å². The summed E-state index contributed by atoms with van der Waals surface area (Å²) < 4.78 is 0. The molecule has 2 aliphatic heterocycles. The second-order valence-electron chi connectivity index (χ2n) is 5.47. The molecule has 0 spiro atoms. The largest absolute Gasteiger partial charge is 0.393 e. The van der Waals surface area contributed by atoms with Gasteiger partial charge in [0.05, 0.1) is 12.0 Å². The van der Waals surface area contributed by atoms with Crippen molar-refractivity contribution in [2.45, 2.75) is 38.7 Å². The van der Waals surface area contributed by atoms with E-state index in [4.69, 9.17) is 0 Å². The predicted molar refractivity (Wildman–Crippen MR) is 66.6 cm³/mol. The summed E-state index contributed by atoms with van der Waals surface area (Å²) >= 11 is 0. The molecule has 0 unspecified atom stereocenters. The van der Waals surface area contributed by atoms with Gasteiger partial charge in [-0.25, -0.2) is 0 Å². The van der Waals surface area contributed by atoms with Crippen LogP contribution in [0.2, 0.25) is 0 Å². The number of hydrogen-bond acceptors (Lipinski definition) is 3. The van der Waals surface area contributed by atoms with Gasteiger partial charge in [0.15, 0.2) is 0 Å². The Morgan fingerprint density at radius 2 is 2.24 bits per heavy atom. The van der Waals surface area contributed by atoms with Crippen LogP contribution in [0, 0.1) is 11.8 Å². The highest BCUT2D eigenvalue weighted by Gasteiger charge is 2.30. The van der Waals surface area contributed by atoms with Crippen molar-refractivity contribution in [3.05, 3.63) is 0 Å². The molecule has 0 aromatic heterocycles. The summed E-state index contributed by atoms with van der Waals surface area (Å²) in [5.74, 6) is 0.725. The summed E-state index contributed by atoms with van der Waals surface area (Å²) in [6.45, 7) is 5.32. The fraction of sp³-hybridized carbons (Fsp3) is 0.923. The van der Waals surface area contributed by atoms with E-state index in [2.05, 4.69) is 5.32 Å². The van der Waals surface area contributed by atoms with Gasteiger partial charge in [-0.2, -0.15) is 0 Å². The number of amides is 1. The first kappa shape index (κ1) is 12.8. The van der Waals surface area contributed by atoms with Crippen molar-refractivity contribution in [3.63, 3.8) is 0 Å². The molecule has 2 aliphatic rings. The van der Waals surface area contributed by atoms with Crippen molar-refractivity contribution in [2.75, 3.05) is 26.2 Å². The third-order valence-electron chi connectivity index (χ3n) is 4.10. The SMILES string of the molecule is C[C@H](O)[C@H]1CCCN(C(=O)[C@@H]2CCCNC2)C1. The topological polar surface area (TPSA) is 52.6 Å². The summed E-state index contributed by atoms with van der Waals surface area (Å²) in [6, 6.07) is 0. The van der Waals surface area contributed by atoms with Gasteiger partial charge in [0.2, 0.25) is 5.91 Å². The number of aliphatic hydroxyl groups is 1. The van der Waals surface area contributed by atoms with E-state index in [-0.39, 0.29) is 17.9 Å². The van der Waals surface area contributed by atoms with Crippen LogP contribution >= 0.6 is 0 Å². The first-order valence-corrected chi connectivity index (χ1v) is 6.86. The maximum atomic E-state index is 12.3. The predicted octanol–water partition coefficient (Wildman–Crippen LogP) is 0.605. The molecule has 2 heterocycles. The minimum absolute atomic E-state index is 0.163. The highest BCUT2D eigenvalue weighted by atomic mass is 16.3. The molecule has 0 saturated carbocycles. The maximum Gasteiger partial charge on any atom is 0.226 e. The van der Waals surface area contributed by atoms with E-state index in [9.17, 15) is 9.90 Å². The molecule has 0 bridgehead atoms. The van der Waals surface area contributed by atoms with Crippen LogP contribution in [0.5, 0.6) is 0 Å². The minimum atomic E-state index is -0.296. The maximum absolute atomic E-state index is 12.3. The smallest absolute Gasteiger partial charge is 0.226 e. The Hall–Kier alpha value is -0.610. The number of nitrogens with zero attached hydrogens (tertiary/aromatic N) is 1. The molecule has 3 atom stereocenters. The van der Waals surface area contributed by atoms with E-state index in [1.165, 1.54) is 0 Å². The number of nitrogens with one attached hydrogen (secondary N) is 1. The summed E-state index contributed by atoms with van der Waals surface area (Å²) in [6.07, 6.45) is 3.90. The molecule has 0 aromatic rings. The van der Waals surface area contributed by atoms with E-state index in [1.807, 2.05) is 11.8 Å². The summed E-state index contributed by atoms with van der Waals surface area (Å²) in [4.78, 5) is 14.3.